The molecule has 8 radical (unpaired) electrons. The van der Waals surface area contributed by atoms with Gasteiger partial charge in [-0.15, -0.1) is 0 Å². The van der Waals surface area contributed by atoms with Crippen LogP contribution in [0.3, 0.4) is 0 Å². The van der Waals surface area contributed by atoms with Crippen molar-refractivity contribution in [3.05, 3.63) is 47.1 Å². The lowest BCUT2D eigenvalue weighted by molar-refractivity contribution is 0.234. The molecule has 2 unspecified atom stereocenters. The Labute approximate surface area is 174 Å². The molecule has 1 aromatic carbocycles. The molecule has 1 aromatic rings. The molecule has 3 N–H and O–H groups in total. The second kappa shape index (κ2) is 8.49. The first-order chi connectivity index (χ1) is 12.9. The number of aryl methyl sites for hydroxylation is 1. The van der Waals surface area contributed by atoms with Crippen molar-refractivity contribution in [1.82, 2.24) is 0 Å². The highest BCUT2D eigenvalue weighted by molar-refractivity contribution is 6.47. The molecule has 3 nitrogen and oxygen atoms in total. The minimum atomic E-state index is -2.22. The first-order valence-corrected chi connectivity index (χ1v) is 9.69. The van der Waals surface area contributed by atoms with Crippen molar-refractivity contribution in [3.8, 4) is 11.5 Å². The number of unbranched alkanes of at least 4 members (excludes halogenated alkanes) is 2. The van der Waals surface area contributed by atoms with Crippen LogP contribution in [0.25, 0.3) is 0 Å². The molecule has 0 amide bonds. The Kier molecular flexibility index (Phi) is 6.91. The number of aliphatic hydroxyl groups is 1. The summed E-state index contributed by atoms with van der Waals surface area (Å²) in [6.45, 7) is 7.95. The van der Waals surface area contributed by atoms with E-state index in [4.69, 9.17) is 31.4 Å². The molecule has 0 spiro atoms. The smallest absolute Gasteiger partial charge is 0.123 e. The van der Waals surface area contributed by atoms with E-state index in [-0.39, 0.29) is 29.4 Å². The first kappa shape index (κ1) is 22.8. The molecule has 0 heterocycles. The Hall–Kier alpha value is -1.48. The van der Waals surface area contributed by atoms with Gasteiger partial charge in [0.25, 0.3) is 0 Å². The van der Waals surface area contributed by atoms with Crippen molar-refractivity contribution < 1.29 is 15.3 Å². The molecule has 2 atom stereocenters. The second-order valence-corrected chi connectivity index (χ2v) is 8.13. The van der Waals surface area contributed by atoms with E-state index in [1.54, 1.807) is 18.2 Å². The third-order valence-electron chi connectivity index (χ3n) is 5.50. The zero-order chi connectivity index (χ0) is 21.3. The van der Waals surface area contributed by atoms with Gasteiger partial charge in [-0.25, -0.2) is 0 Å². The number of aromatic hydroxyl groups is 2. The van der Waals surface area contributed by atoms with Crippen LogP contribution in [0.1, 0.15) is 56.6 Å². The van der Waals surface area contributed by atoms with Crippen LogP contribution < -0.4 is 0 Å². The summed E-state index contributed by atoms with van der Waals surface area (Å²) in [4.78, 5) is 0. The summed E-state index contributed by atoms with van der Waals surface area (Å²) in [6.07, 6.45) is 5.67. The van der Waals surface area contributed by atoms with Crippen LogP contribution in [0.4, 0.5) is 0 Å². The summed E-state index contributed by atoms with van der Waals surface area (Å²) in [6, 6.07) is 3.33. The highest BCUT2D eigenvalue weighted by atomic mass is 16.3. The zero-order valence-corrected chi connectivity index (χ0v) is 16.8. The number of allylic oxidation sites excluding steroid dienone is 2. The van der Waals surface area contributed by atoms with Gasteiger partial charge in [-0.05, 0) is 43.4 Å². The summed E-state index contributed by atoms with van der Waals surface area (Å²) < 4.78 is 0. The summed E-state index contributed by atoms with van der Waals surface area (Å²) in [5.41, 5.74) is 2.02. The molecular weight excluding hydrogens is 343 g/mol. The molecule has 28 heavy (non-hydrogen) atoms. The SMILES string of the molecule is [B]C([B])(O)C1=CC(c2c(O)cc(CCCCC)cc2O)C(C(=C)C)CC1([B])[B]. The van der Waals surface area contributed by atoms with Gasteiger partial charge in [0.2, 0.25) is 0 Å². The lowest BCUT2D eigenvalue weighted by Crippen LogP contribution is -2.43. The molecule has 7 heteroatoms. The molecule has 1 aliphatic rings. The average Bonchev–Trinajstić information content (AvgIpc) is 2.53. The third-order valence-corrected chi connectivity index (χ3v) is 5.50. The third kappa shape index (κ3) is 4.92. The Balaban J connectivity index is 2.54. The Bertz CT molecular complexity index is 742. The van der Waals surface area contributed by atoms with Crippen LogP contribution in [-0.4, -0.2) is 52.1 Å². The maximum Gasteiger partial charge on any atom is 0.123 e. The van der Waals surface area contributed by atoms with Crippen LogP contribution in [0.5, 0.6) is 11.5 Å². The van der Waals surface area contributed by atoms with Crippen molar-refractivity contribution in [2.75, 3.05) is 0 Å². The fourth-order valence-electron chi connectivity index (χ4n) is 4.07. The normalized spacial score (nSPS) is 21.9. The monoisotopic (exact) mass is 370 g/mol. The maximum absolute atomic E-state index is 10.7. The van der Waals surface area contributed by atoms with Crippen molar-refractivity contribution in [3.63, 3.8) is 0 Å². The standard InChI is InChI=1S/C21H26B4O3/c1-4-5-6-7-13-8-16(26)19(17(27)9-13)14-10-18(21(24,25)28)20(22,23)11-15(14)12(2)3/h8-10,14-15,26-28H,2,4-7,11H2,1,3H3. The number of phenols is 2. The molecule has 0 aliphatic heterocycles. The van der Waals surface area contributed by atoms with Gasteiger partial charge in [0.1, 0.15) is 27.2 Å². The number of hydrogen-bond donors (Lipinski definition) is 3. The predicted molar refractivity (Wildman–Crippen MR) is 117 cm³/mol. The van der Waals surface area contributed by atoms with E-state index in [2.05, 4.69) is 13.5 Å². The van der Waals surface area contributed by atoms with Gasteiger partial charge in [-0.1, -0.05) is 55.2 Å². The van der Waals surface area contributed by atoms with Crippen LogP contribution in [0.2, 0.25) is 5.21 Å². The summed E-state index contributed by atoms with van der Waals surface area (Å²) in [5.74, 6) is -0.866. The molecule has 1 aliphatic carbocycles. The molecule has 0 saturated heterocycles. The Morgan fingerprint density at radius 3 is 2.25 bits per heavy atom. The van der Waals surface area contributed by atoms with Crippen molar-refractivity contribution in [1.29, 1.82) is 0 Å². The predicted octanol–water partition coefficient (Wildman–Crippen LogP) is 2.87. The maximum atomic E-state index is 10.7. The Morgan fingerprint density at radius 2 is 1.79 bits per heavy atom. The minimum absolute atomic E-state index is 0.0301. The topological polar surface area (TPSA) is 60.7 Å². The zero-order valence-electron chi connectivity index (χ0n) is 16.8. The van der Waals surface area contributed by atoms with Crippen molar-refractivity contribution >= 4 is 31.4 Å². The second-order valence-electron chi connectivity index (χ2n) is 8.13. The van der Waals surface area contributed by atoms with E-state index in [1.807, 2.05) is 6.92 Å². The van der Waals surface area contributed by atoms with Gasteiger partial charge in [-0.2, -0.15) is 0 Å². The quantitative estimate of drug-likeness (QED) is 0.393. The van der Waals surface area contributed by atoms with Crippen molar-refractivity contribution in [2.45, 2.75) is 62.5 Å². The number of rotatable bonds is 7. The molecule has 0 saturated carbocycles. The molecule has 0 aromatic heterocycles. The largest absolute Gasteiger partial charge is 0.507 e. The van der Waals surface area contributed by atoms with E-state index < -0.39 is 16.5 Å². The van der Waals surface area contributed by atoms with E-state index in [9.17, 15) is 15.3 Å². The van der Waals surface area contributed by atoms with Crippen LogP contribution in [0, 0.1) is 5.92 Å². The van der Waals surface area contributed by atoms with Gasteiger partial charge in [0.15, 0.2) is 0 Å². The van der Waals surface area contributed by atoms with Gasteiger partial charge >= 0.3 is 0 Å². The van der Waals surface area contributed by atoms with Crippen LogP contribution >= 0.6 is 0 Å². The van der Waals surface area contributed by atoms with E-state index in [1.165, 1.54) is 0 Å². The highest BCUT2D eigenvalue weighted by Crippen LogP contribution is 2.54. The number of benzene rings is 1. The molecular formula is C21H26B4O3. The molecule has 0 bridgehead atoms. The number of phenolic OH excluding ortho intramolecular Hbond substituents is 2. The van der Waals surface area contributed by atoms with Gasteiger partial charge in [0.05, 0.1) is 15.7 Å². The lowest BCUT2D eigenvalue weighted by atomic mass is 9.38. The number of hydrogen-bond acceptors (Lipinski definition) is 3. The molecule has 2 rings (SSSR count). The van der Waals surface area contributed by atoms with Crippen molar-refractivity contribution in [2.24, 2.45) is 5.92 Å². The fourth-order valence-corrected chi connectivity index (χ4v) is 4.07. The molecule has 140 valence electrons. The van der Waals surface area contributed by atoms with Crippen LogP contribution in [0.15, 0.2) is 35.9 Å². The highest BCUT2D eigenvalue weighted by Gasteiger charge is 2.42. The van der Waals surface area contributed by atoms with Gasteiger partial charge in [0, 0.05) is 16.9 Å². The lowest BCUT2D eigenvalue weighted by Gasteiger charge is -2.47. The summed E-state index contributed by atoms with van der Waals surface area (Å²) in [7, 11) is 23.7. The molecule has 0 fully saturated rings. The Morgan fingerprint density at radius 1 is 1.21 bits per heavy atom. The average molecular weight is 370 g/mol. The van der Waals surface area contributed by atoms with E-state index >= 15 is 0 Å². The van der Waals surface area contributed by atoms with Gasteiger partial charge < -0.3 is 15.3 Å². The summed E-state index contributed by atoms with van der Waals surface area (Å²) in [5, 5.41) is 27.9. The van der Waals surface area contributed by atoms with E-state index in [0.717, 1.165) is 36.8 Å². The van der Waals surface area contributed by atoms with Gasteiger partial charge in [-0.3, -0.25) is 0 Å². The fraction of sp³-hybridized carbons (Fsp3) is 0.524. The summed E-state index contributed by atoms with van der Waals surface area (Å²) >= 11 is 0. The van der Waals surface area contributed by atoms with E-state index in [0.29, 0.717) is 5.56 Å². The minimum Gasteiger partial charge on any atom is -0.507 e. The first-order valence-electron chi connectivity index (χ1n) is 9.69. The van der Waals surface area contributed by atoms with Crippen LogP contribution in [-0.2, 0) is 6.42 Å².